The molecule has 1 heterocycles. The first kappa shape index (κ1) is 20.2. The second-order valence-electron chi connectivity index (χ2n) is 7.99. The summed E-state index contributed by atoms with van der Waals surface area (Å²) < 4.78 is 5.65. The van der Waals surface area contributed by atoms with Crippen molar-refractivity contribution in [1.82, 2.24) is 16.0 Å². The number of nitrogens with zero attached hydrogens (tertiary/aromatic N) is 1. The minimum atomic E-state index is -0.00840. The lowest BCUT2D eigenvalue weighted by Gasteiger charge is -2.39. The Hall–Kier alpha value is -1.59. The second kappa shape index (κ2) is 10.1. The maximum Gasteiger partial charge on any atom is 0.191 e. The Morgan fingerprint density at radius 2 is 1.89 bits per heavy atom. The fourth-order valence-corrected chi connectivity index (χ4v) is 4.21. The molecule has 5 nitrogen and oxygen atoms in total. The number of nitrogens with one attached hydrogen (secondary N) is 3. The molecule has 1 unspecified atom stereocenters. The molecule has 3 rings (SSSR count). The highest BCUT2D eigenvalue weighted by atomic mass is 16.5. The number of guanidine groups is 1. The Kier molecular flexibility index (Phi) is 7.53. The van der Waals surface area contributed by atoms with Gasteiger partial charge in [-0.1, -0.05) is 43.2 Å². The van der Waals surface area contributed by atoms with Gasteiger partial charge in [-0.05, 0) is 45.1 Å². The van der Waals surface area contributed by atoms with E-state index in [-0.39, 0.29) is 5.54 Å². The van der Waals surface area contributed by atoms with Gasteiger partial charge in [0.25, 0.3) is 0 Å². The van der Waals surface area contributed by atoms with Gasteiger partial charge in [-0.2, -0.15) is 0 Å². The maximum absolute atomic E-state index is 5.65. The van der Waals surface area contributed by atoms with Crippen LogP contribution in [0, 0.1) is 0 Å². The normalized spacial score (nSPS) is 21.8. The lowest BCUT2D eigenvalue weighted by atomic mass is 9.88. The summed E-state index contributed by atoms with van der Waals surface area (Å²) >= 11 is 0. The van der Waals surface area contributed by atoms with Crippen molar-refractivity contribution in [1.29, 1.82) is 0 Å². The van der Waals surface area contributed by atoms with Crippen molar-refractivity contribution in [3.63, 3.8) is 0 Å². The zero-order valence-electron chi connectivity index (χ0n) is 17.0. The first-order chi connectivity index (χ1) is 13.2. The predicted octanol–water partition coefficient (Wildman–Crippen LogP) is 3.38. The molecule has 1 saturated carbocycles. The molecule has 0 amide bonds. The van der Waals surface area contributed by atoms with E-state index in [1.54, 1.807) is 0 Å². The molecule has 27 heavy (non-hydrogen) atoms. The van der Waals surface area contributed by atoms with Crippen LogP contribution < -0.4 is 16.0 Å². The minimum Gasteiger partial charge on any atom is -0.381 e. The van der Waals surface area contributed by atoms with Crippen LogP contribution in [-0.2, 0) is 4.74 Å². The summed E-state index contributed by atoms with van der Waals surface area (Å²) in [7, 11) is 0. The van der Waals surface area contributed by atoms with E-state index in [1.807, 2.05) is 0 Å². The van der Waals surface area contributed by atoms with Crippen molar-refractivity contribution in [3.05, 3.63) is 35.9 Å². The van der Waals surface area contributed by atoms with E-state index in [1.165, 1.54) is 31.2 Å². The third-order valence-electron chi connectivity index (χ3n) is 5.85. The molecule has 1 aromatic carbocycles. The molecule has 1 atom stereocenters. The maximum atomic E-state index is 5.65. The standard InChI is InChI=1S/C22H36N4O/c1-3-23-21(25-20-11-7-8-12-20)24-17-22(13-15-27-16-14-22)26-18(2)19-9-5-4-6-10-19/h4-6,9-10,18,20,26H,3,7-8,11-17H2,1-2H3,(H2,23,24,25). The molecule has 3 N–H and O–H groups in total. The van der Waals surface area contributed by atoms with Crippen molar-refractivity contribution < 1.29 is 4.74 Å². The SMILES string of the molecule is CCNC(=NCC1(NC(C)c2ccccc2)CCOCC1)NC1CCCC1. The van der Waals surface area contributed by atoms with Gasteiger partial charge in [-0.25, -0.2) is 0 Å². The number of benzene rings is 1. The Morgan fingerprint density at radius 1 is 1.19 bits per heavy atom. The van der Waals surface area contributed by atoms with Gasteiger partial charge in [0, 0.05) is 37.4 Å². The monoisotopic (exact) mass is 372 g/mol. The summed E-state index contributed by atoms with van der Waals surface area (Å²) in [5.41, 5.74) is 1.31. The molecule has 0 aromatic heterocycles. The second-order valence-corrected chi connectivity index (χ2v) is 7.99. The molecule has 0 bridgehead atoms. The summed E-state index contributed by atoms with van der Waals surface area (Å²) in [4.78, 5) is 5.00. The summed E-state index contributed by atoms with van der Waals surface area (Å²) in [5.74, 6) is 0.962. The van der Waals surface area contributed by atoms with Crippen molar-refractivity contribution in [3.8, 4) is 0 Å². The van der Waals surface area contributed by atoms with Crippen LogP contribution in [-0.4, -0.2) is 43.8 Å². The molecule has 0 radical (unpaired) electrons. The van der Waals surface area contributed by atoms with Crippen LogP contribution in [0.3, 0.4) is 0 Å². The van der Waals surface area contributed by atoms with E-state index in [2.05, 4.69) is 60.1 Å². The predicted molar refractivity (Wildman–Crippen MR) is 112 cm³/mol. The Balaban J connectivity index is 1.68. The number of hydrogen-bond donors (Lipinski definition) is 3. The summed E-state index contributed by atoms with van der Waals surface area (Å²) in [5, 5.41) is 11.0. The number of hydrogen-bond acceptors (Lipinski definition) is 3. The molecule has 1 aliphatic carbocycles. The first-order valence-corrected chi connectivity index (χ1v) is 10.7. The topological polar surface area (TPSA) is 57.7 Å². The number of ether oxygens (including phenoxy) is 1. The van der Waals surface area contributed by atoms with E-state index in [4.69, 9.17) is 9.73 Å². The zero-order chi connectivity index (χ0) is 19.0. The molecule has 1 aliphatic heterocycles. The molecule has 150 valence electrons. The number of aliphatic imine (C=N–C) groups is 1. The average Bonchev–Trinajstić information content (AvgIpc) is 3.21. The fraction of sp³-hybridized carbons (Fsp3) is 0.682. The van der Waals surface area contributed by atoms with Crippen molar-refractivity contribution >= 4 is 5.96 Å². The Labute approximate surface area is 164 Å². The third kappa shape index (κ3) is 5.94. The van der Waals surface area contributed by atoms with Gasteiger partial charge in [0.2, 0.25) is 0 Å². The van der Waals surface area contributed by atoms with Crippen LogP contribution in [0.5, 0.6) is 0 Å². The van der Waals surface area contributed by atoms with Crippen molar-refractivity contribution in [2.24, 2.45) is 4.99 Å². The molecule has 5 heteroatoms. The zero-order valence-corrected chi connectivity index (χ0v) is 17.0. The van der Waals surface area contributed by atoms with Gasteiger partial charge in [0.05, 0.1) is 6.54 Å². The van der Waals surface area contributed by atoms with Crippen LogP contribution in [0.1, 0.15) is 64.0 Å². The highest BCUT2D eigenvalue weighted by molar-refractivity contribution is 5.80. The van der Waals surface area contributed by atoms with E-state index in [0.29, 0.717) is 12.1 Å². The summed E-state index contributed by atoms with van der Waals surface area (Å²) in [6.45, 7) is 7.65. The van der Waals surface area contributed by atoms with Crippen molar-refractivity contribution in [2.45, 2.75) is 70.0 Å². The summed E-state index contributed by atoms with van der Waals surface area (Å²) in [6, 6.07) is 11.5. The van der Waals surface area contributed by atoms with Gasteiger partial charge in [-0.15, -0.1) is 0 Å². The quantitative estimate of drug-likeness (QED) is 0.507. The molecular weight excluding hydrogens is 336 g/mol. The highest BCUT2D eigenvalue weighted by Gasteiger charge is 2.34. The molecule has 2 fully saturated rings. The van der Waals surface area contributed by atoms with Crippen LogP contribution in [0.25, 0.3) is 0 Å². The highest BCUT2D eigenvalue weighted by Crippen LogP contribution is 2.26. The van der Waals surface area contributed by atoms with E-state index < -0.39 is 0 Å². The lowest BCUT2D eigenvalue weighted by molar-refractivity contribution is 0.0374. The Morgan fingerprint density at radius 3 is 2.56 bits per heavy atom. The van der Waals surface area contributed by atoms with Gasteiger partial charge in [0.1, 0.15) is 0 Å². The molecule has 0 spiro atoms. The van der Waals surface area contributed by atoms with Gasteiger partial charge >= 0.3 is 0 Å². The van der Waals surface area contributed by atoms with Crippen LogP contribution in [0.2, 0.25) is 0 Å². The van der Waals surface area contributed by atoms with E-state index in [0.717, 1.165) is 45.1 Å². The summed E-state index contributed by atoms with van der Waals surface area (Å²) in [6.07, 6.45) is 7.16. The van der Waals surface area contributed by atoms with Gasteiger partial charge in [-0.3, -0.25) is 4.99 Å². The largest absolute Gasteiger partial charge is 0.381 e. The molecule has 2 aliphatic rings. The van der Waals surface area contributed by atoms with E-state index >= 15 is 0 Å². The Bertz CT molecular complexity index is 577. The van der Waals surface area contributed by atoms with Crippen LogP contribution in [0.15, 0.2) is 35.3 Å². The number of rotatable bonds is 7. The third-order valence-corrected chi connectivity index (χ3v) is 5.85. The molecular formula is C22H36N4O. The molecule has 1 saturated heterocycles. The average molecular weight is 373 g/mol. The smallest absolute Gasteiger partial charge is 0.191 e. The minimum absolute atomic E-state index is 0.00840. The van der Waals surface area contributed by atoms with E-state index in [9.17, 15) is 0 Å². The first-order valence-electron chi connectivity index (χ1n) is 10.7. The molecule has 1 aromatic rings. The fourth-order valence-electron chi connectivity index (χ4n) is 4.21. The van der Waals surface area contributed by atoms with Gasteiger partial charge in [0.15, 0.2) is 5.96 Å². The van der Waals surface area contributed by atoms with Crippen LogP contribution in [0.4, 0.5) is 0 Å². The van der Waals surface area contributed by atoms with Crippen molar-refractivity contribution in [2.75, 3.05) is 26.3 Å². The lowest BCUT2D eigenvalue weighted by Crippen LogP contribution is -2.53. The van der Waals surface area contributed by atoms with Crippen LogP contribution >= 0.6 is 0 Å². The van der Waals surface area contributed by atoms with Gasteiger partial charge < -0.3 is 20.7 Å².